The Labute approximate surface area is 143 Å². The first-order chi connectivity index (χ1) is 11.3. The maximum absolute atomic E-state index is 12.1. The molecule has 1 aliphatic rings. The van der Waals surface area contributed by atoms with Gasteiger partial charge in [0.1, 0.15) is 12.2 Å². The summed E-state index contributed by atoms with van der Waals surface area (Å²) in [6.07, 6.45) is 4.38. The van der Waals surface area contributed by atoms with Gasteiger partial charge in [0.25, 0.3) is 0 Å². The summed E-state index contributed by atoms with van der Waals surface area (Å²) in [6, 6.07) is 3.53. The van der Waals surface area contributed by atoms with E-state index in [2.05, 4.69) is 4.98 Å². The van der Waals surface area contributed by atoms with E-state index >= 15 is 0 Å². The van der Waals surface area contributed by atoms with Gasteiger partial charge in [0.2, 0.25) is 5.78 Å². The fourth-order valence-corrected chi connectivity index (χ4v) is 2.79. The third-order valence-electron chi connectivity index (χ3n) is 3.97. The first-order valence-electron chi connectivity index (χ1n) is 8.57. The van der Waals surface area contributed by atoms with Crippen LogP contribution in [-0.4, -0.2) is 53.7 Å². The summed E-state index contributed by atoms with van der Waals surface area (Å²) >= 11 is 0. The van der Waals surface area contributed by atoms with Crippen LogP contribution in [0.25, 0.3) is 0 Å². The molecular weight excluding hydrogens is 308 g/mol. The van der Waals surface area contributed by atoms with Gasteiger partial charge in [-0.2, -0.15) is 0 Å². The third kappa shape index (κ3) is 6.00. The number of piperidine rings is 1. The Morgan fingerprint density at radius 2 is 2.17 bits per heavy atom. The number of hydrogen-bond acceptors (Lipinski definition) is 4. The summed E-state index contributed by atoms with van der Waals surface area (Å²) in [4.78, 5) is 28.6. The molecule has 1 aliphatic heterocycles. The van der Waals surface area contributed by atoms with Crippen molar-refractivity contribution in [3.8, 4) is 0 Å². The van der Waals surface area contributed by atoms with E-state index in [9.17, 15) is 9.59 Å². The normalized spacial score (nSPS) is 18.5. The van der Waals surface area contributed by atoms with Gasteiger partial charge in [0.15, 0.2) is 0 Å². The molecule has 6 heteroatoms. The van der Waals surface area contributed by atoms with Crippen LogP contribution in [0.3, 0.4) is 0 Å². The number of Topliss-reactive ketones (excluding diaryl/α,β-unsaturated/α-hetero) is 1. The molecular formula is C18H28N2O4. The standard InChI is InChI=1S/C18H28N2O4/c1-18(2,3)24-17(22)20-10-5-6-14(12-20)8-11-23-13-16(21)15-7-4-9-19-15/h4,7,9,14,19H,5-6,8,10-13H2,1-3H3/t14-/m1/s1. The number of nitrogens with one attached hydrogen (secondary N) is 1. The quantitative estimate of drug-likeness (QED) is 0.639. The highest BCUT2D eigenvalue weighted by Gasteiger charge is 2.27. The van der Waals surface area contributed by atoms with Gasteiger partial charge in [-0.1, -0.05) is 0 Å². The first kappa shape index (κ1) is 18.5. The SMILES string of the molecule is CC(C)(C)OC(=O)N1CCC[C@H](CCOCC(=O)c2ccc[nH]2)C1. The Morgan fingerprint density at radius 3 is 2.83 bits per heavy atom. The zero-order chi connectivity index (χ0) is 17.6. The van der Waals surface area contributed by atoms with Gasteiger partial charge in [-0.3, -0.25) is 4.79 Å². The number of aromatic nitrogens is 1. The van der Waals surface area contributed by atoms with Gasteiger partial charge in [-0.05, 0) is 58.1 Å². The van der Waals surface area contributed by atoms with Gasteiger partial charge >= 0.3 is 6.09 Å². The fraction of sp³-hybridized carbons (Fsp3) is 0.667. The van der Waals surface area contributed by atoms with Crippen molar-refractivity contribution < 1.29 is 19.1 Å². The third-order valence-corrected chi connectivity index (χ3v) is 3.97. The number of aromatic amines is 1. The number of ketones is 1. The molecule has 6 nitrogen and oxygen atoms in total. The van der Waals surface area contributed by atoms with Crippen LogP contribution in [0.15, 0.2) is 18.3 Å². The highest BCUT2D eigenvalue weighted by Crippen LogP contribution is 2.21. The zero-order valence-corrected chi connectivity index (χ0v) is 14.8. The molecule has 0 aromatic carbocycles. The van der Waals surface area contributed by atoms with Crippen molar-refractivity contribution in [3.05, 3.63) is 24.0 Å². The molecule has 0 aliphatic carbocycles. The summed E-state index contributed by atoms with van der Waals surface area (Å²) in [5.74, 6) is 0.353. The van der Waals surface area contributed by atoms with E-state index in [1.54, 1.807) is 23.2 Å². The van der Waals surface area contributed by atoms with Crippen molar-refractivity contribution in [2.45, 2.75) is 45.6 Å². The highest BCUT2D eigenvalue weighted by molar-refractivity contribution is 5.95. The largest absolute Gasteiger partial charge is 0.444 e. The second kappa shape index (κ2) is 8.33. The van der Waals surface area contributed by atoms with Crippen LogP contribution in [0, 0.1) is 5.92 Å². The van der Waals surface area contributed by atoms with Crippen molar-refractivity contribution in [1.29, 1.82) is 0 Å². The van der Waals surface area contributed by atoms with Crippen molar-refractivity contribution in [2.75, 3.05) is 26.3 Å². The van der Waals surface area contributed by atoms with E-state index in [4.69, 9.17) is 9.47 Å². The molecule has 1 amide bonds. The van der Waals surface area contributed by atoms with E-state index in [1.807, 2.05) is 20.8 Å². The highest BCUT2D eigenvalue weighted by atomic mass is 16.6. The molecule has 0 bridgehead atoms. The summed E-state index contributed by atoms with van der Waals surface area (Å²) in [7, 11) is 0. The molecule has 1 N–H and O–H groups in total. The number of likely N-dealkylation sites (tertiary alicyclic amines) is 1. The van der Waals surface area contributed by atoms with Crippen molar-refractivity contribution in [1.82, 2.24) is 9.88 Å². The Bertz CT molecular complexity index is 534. The lowest BCUT2D eigenvalue weighted by atomic mass is 9.95. The number of rotatable bonds is 6. The molecule has 0 radical (unpaired) electrons. The number of H-pyrrole nitrogens is 1. The molecule has 1 saturated heterocycles. The molecule has 24 heavy (non-hydrogen) atoms. The molecule has 0 spiro atoms. The van der Waals surface area contributed by atoms with Gasteiger partial charge in [0.05, 0.1) is 5.69 Å². The molecule has 134 valence electrons. The van der Waals surface area contributed by atoms with E-state index in [-0.39, 0.29) is 18.5 Å². The molecule has 0 saturated carbocycles. The molecule has 1 aromatic rings. The Hall–Kier alpha value is -1.82. The molecule has 1 fully saturated rings. The summed E-state index contributed by atoms with van der Waals surface area (Å²) in [6.45, 7) is 7.69. The second-order valence-electron chi connectivity index (χ2n) is 7.28. The molecule has 1 aromatic heterocycles. The molecule has 2 rings (SSSR count). The van der Waals surface area contributed by atoms with Gasteiger partial charge in [-0.15, -0.1) is 0 Å². The van der Waals surface area contributed by atoms with Crippen LogP contribution in [0.5, 0.6) is 0 Å². The van der Waals surface area contributed by atoms with Crippen LogP contribution in [0.2, 0.25) is 0 Å². The van der Waals surface area contributed by atoms with Crippen LogP contribution < -0.4 is 0 Å². The number of hydrogen-bond donors (Lipinski definition) is 1. The number of carbonyl (C=O) groups excluding carboxylic acids is 2. The number of nitrogens with zero attached hydrogens (tertiary/aromatic N) is 1. The van der Waals surface area contributed by atoms with Crippen LogP contribution in [0.4, 0.5) is 4.79 Å². The topological polar surface area (TPSA) is 71.6 Å². The predicted molar refractivity (Wildman–Crippen MR) is 91.1 cm³/mol. The second-order valence-corrected chi connectivity index (χ2v) is 7.28. The van der Waals surface area contributed by atoms with Gasteiger partial charge in [-0.25, -0.2) is 4.79 Å². The van der Waals surface area contributed by atoms with Gasteiger partial charge < -0.3 is 19.4 Å². The summed E-state index contributed by atoms with van der Waals surface area (Å²) < 4.78 is 10.9. The predicted octanol–water partition coefficient (Wildman–Crippen LogP) is 3.25. The van der Waals surface area contributed by atoms with Crippen molar-refractivity contribution >= 4 is 11.9 Å². The maximum Gasteiger partial charge on any atom is 0.410 e. The minimum Gasteiger partial charge on any atom is -0.444 e. The van der Waals surface area contributed by atoms with E-state index in [0.717, 1.165) is 25.8 Å². The van der Waals surface area contributed by atoms with Crippen LogP contribution in [-0.2, 0) is 9.47 Å². The Kier molecular flexibility index (Phi) is 6.43. The van der Waals surface area contributed by atoms with Crippen molar-refractivity contribution in [3.63, 3.8) is 0 Å². The minimum atomic E-state index is -0.467. The van der Waals surface area contributed by atoms with Crippen LogP contribution >= 0.6 is 0 Å². The van der Waals surface area contributed by atoms with E-state index in [1.165, 1.54) is 0 Å². The lowest BCUT2D eigenvalue weighted by molar-refractivity contribution is 0.0141. The number of ether oxygens (including phenoxy) is 2. The van der Waals surface area contributed by atoms with Crippen LogP contribution in [0.1, 0.15) is 50.5 Å². The lowest BCUT2D eigenvalue weighted by Crippen LogP contribution is -2.43. The summed E-state index contributed by atoms with van der Waals surface area (Å²) in [5, 5.41) is 0. The smallest absolute Gasteiger partial charge is 0.410 e. The Morgan fingerprint density at radius 1 is 1.38 bits per heavy atom. The average molecular weight is 336 g/mol. The average Bonchev–Trinajstić information content (AvgIpc) is 3.04. The van der Waals surface area contributed by atoms with E-state index < -0.39 is 5.60 Å². The number of amides is 1. The minimum absolute atomic E-state index is 0.0426. The molecule has 0 unspecified atom stereocenters. The van der Waals surface area contributed by atoms with Crippen molar-refractivity contribution in [2.24, 2.45) is 5.92 Å². The number of carbonyl (C=O) groups is 2. The monoisotopic (exact) mass is 336 g/mol. The first-order valence-corrected chi connectivity index (χ1v) is 8.57. The van der Waals surface area contributed by atoms with Gasteiger partial charge in [0, 0.05) is 25.9 Å². The maximum atomic E-state index is 12.1. The lowest BCUT2D eigenvalue weighted by Gasteiger charge is -2.34. The Balaban J connectivity index is 1.67. The molecule has 2 heterocycles. The van der Waals surface area contributed by atoms with E-state index in [0.29, 0.717) is 24.8 Å². The zero-order valence-electron chi connectivity index (χ0n) is 14.8. The summed E-state index contributed by atoms with van der Waals surface area (Å²) in [5.41, 5.74) is 0.106. The molecule has 1 atom stereocenters. The fourth-order valence-electron chi connectivity index (χ4n) is 2.79.